The van der Waals surface area contributed by atoms with E-state index in [0.717, 1.165) is 0 Å². The third-order valence-electron chi connectivity index (χ3n) is 2.22. The zero-order valence-corrected chi connectivity index (χ0v) is 9.78. The fourth-order valence-corrected chi connectivity index (χ4v) is 1.56. The summed E-state index contributed by atoms with van der Waals surface area (Å²) in [4.78, 5) is 3.94. The number of nitrogens with zero attached hydrogens (tertiary/aromatic N) is 2. The summed E-state index contributed by atoms with van der Waals surface area (Å²) >= 11 is 5.66. The van der Waals surface area contributed by atoms with E-state index in [9.17, 15) is 9.50 Å². The predicted molar refractivity (Wildman–Crippen MR) is 59.1 cm³/mol. The van der Waals surface area contributed by atoms with E-state index >= 15 is 0 Å². The molecule has 1 N–H and O–H groups in total. The van der Waals surface area contributed by atoms with Gasteiger partial charge in [-0.2, -0.15) is 4.98 Å². The molecule has 1 heterocycles. The molecule has 1 atom stereocenters. The third kappa shape index (κ3) is 2.62. The van der Waals surface area contributed by atoms with E-state index in [1.807, 2.05) is 0 Å². The zero-order valence-electron chi connectivity index (χ0n) is 9.02. The summed E-state index contributed by atoms with van der Waals surface area (Å²) in [5, 5.41) is 12.9. The topological polar surface area (TPSA) is 59.2 Å². The Morgan fingerprint density at radius 1 is 1.53 bits per heavy atom. The van der Waals surface area contributed by atoms with Crippen molar-refractivity contribution in [1.29, 1.82) is 0 Å². The molecule has 0 saturated heterocycles. The molecule has 0 saturated carbocycles. The van der Waals surface area contributed by atoms with Crippen LogP contribution in [0, 0.1) is 5.82 Å². The lowest BCUT2D eigenvalue weighted by Crippen LogP contribution is -1.96. The van der Waals surface area contributed by atoms with Gasteiger partial charge in [-0.15, -0.1) is 0 Å². The van der Waals surface area contributed by atoms with Gasteiger partial charge in [-0.1, -0.05) is 28.9 Å². The van der Waals surface area contributed by atoms with Crippen molar-refractivity contribution < 1.29 is 14.0 Å². The number of hydrogen-bond donors (Lipinski definition) is 1. The number of halogens is 2. The van der Waals surface area contributed by atoms with Crippen LogP contribution in [0.3, 0.4) is 0 Å². The first-order chi connectivity index (χ1) is 8.08. The van der Waals surface area contributed by atoms with Gasteiger partial charge in [0.05, 0.1) is 5.02 Å². The molecule has 6 heteroatoms. The SMILES string of the molecule is CC(O)c1nc(Cc2cccc(Cl)c2F)no1. The number of aliphatic hydroxyl groups is 1. The number of benzene rings is 1. The van der Waals surface area contributed by atoms with Crippen LogP contribution in [-0.4, -0.2) is 15.2 Å². The Balaban J connectivity index is 2.22. The lowest BCUT2D eigenvalue weighted by Gasteiger charge is -2.00. The second-order valence-corrected chi connectivity index (χ2v) is 4.02. The van der Waals surface area contributed by atoms with Crippen molar-refractivity contribution in [2.24, 2.45) is 0 Å². The first kappa shape index (κ1) is 12.0. The molecular formula is C11H10ClFN2O2. The van der Waals surface area contributed by atoms with Crippen molar-refractivity contribution >= 4 is 11.6 Å². The molecule has 1 aromatic carbocycles. The lowest BCUT2D eigenvalue weighted by molar-refractivity contribution is 0.151. The Labute approximate surface area is 102 Å². The van der Waals surface area contributed by atoms with Crippen LogP contribution in [0.5, 0.6) is 0 Å². The molecule has 0 spiro atoms. The summed E-state index contributed by atoms with van der Waals surface area (Å²) in [6.45, 7) is 1.51. The molecule has 90 valence electrons. The van der Waals surface area contributed by atoms with Crippen LogP contribution >= 0.6 is 11.6 Å². The molecule has 0 radical (unpaired) electrons. The largest absolute Gasteiger partial charge is 0.384 e. The number of aliphatic hydroxyl groups excluding tert-OH is 1. The Bertz CT molecular complexity index is 528. The molecule has 2 aromatic rings. The maximum Gasteiger partial charge on any atom is 0.255 e. The van der Waals surface area contributed by atoms with Crippen LogP contribution in [0.2, 0.25) is 5.02 Å². The van der Waals surface area contributed by atoms with Gasteiger partial charge in [0, 0.05) is 6.42 Å². The fraction of sp³-hybridized carbons (Fsp3) is 0.273. The van der Waals surface area contributed by atoms with Gasteiger partial charge in [0.2, 0.25) is 0 Å². The van der Waals surface area contributed by atoms with Crippen LogP contribution in [0.25, 0.3) is 0 Å². The highest BCUT2D eigenvalue weighted by Crippen LogP contribution is 2.20. The van der Waals surface area contributed by atoms with E-state index in [-0.39, 0.29) is 17.3 Å². The Morgan fingerprint density at radius 2 is 2.29 bits per heavy atom. The summed E-state index contributed by atoms with van der Waals surface area (Å²) in [5.74, 6) is -0.0675. The van der Waals surface area contributed by atoms with Crippen molar-refractivity contribution in [3.05, 3.63) is 46.3 Å². The number of rotatable bonds is 3. The van der Waals surface area contributed by atoms with E-state index in [1.54, 1.807) is 12.1 Å². The third-order valence-corrected chi connectivity index (χ3v) is 2.51. The van der Waals surface area contributed by atoms with Gasteiger partial charge in [0.1, 0.15) is 11.9 Å². The second-order valence-electron chi connectivity index (χ2n) is 3.61. The van der Waals surface area contributed by atoms with E-state index in [0.29, 0.717) is 11.4 Å². The Hall–Kier alpha value is -1.46. The maximum atomic E-state index is 13.6. The highest BCUT2D eigenvalue weighted by Gasteiger charge is 2.14. The lowest BCUT2D eigenvalue weighted by atomic mass is 10.1. The van der Waals surface area contributed by atoms with Gasteiger partial charge in [0.15, 0.2) is 5.82 Å². The smallest absolute Gasteiger partial charge is 0.255 e. The van der Waals surface area contributed by atoms with Crippen LogP contribution < -0.4 is 0 Å². The van der Waals surface area contributed by atoms with E-state index < -0.39 is 11.9 Å². The van der Waals surface area contributed by atoms with Crippen LogP contribution in [0.1, 0.15) is 30.3 Å². The fourth-order valence-electron chi connectivity index (χ4n) is 1.36. The van der Waals surface area contributed by atoms with Crippen molar-refractivity contribution in [3.63, 3.8) is 0 Å². The highest BCUT2D eigenvalue weighted by molar-refractivity contribution is 6.30. The van der Waals surface area contributed by atoms with Crippen LogP contribution in [0.4, 0.5) is 4.39 Å². The average Bonchev–Trinajstić information content (AvgIpc) is 2.73. The van der Waals surface area contributed by atoms with Gasteiger partial charge in [-0.05, 0) is 18.6 Å². The van der Waals surface area contributed by atoms with Gasteiger partial charge in [-0.3, -0.25) is 0 Å². The predicted octanol–water partition coefficient (Wildman–Crippen LogP) is 2.51. The van der Waals surface area contributed by atoms with Crippen molar-refractivity contribution in [1.82, 2.24) is 10.1 Å². The van der Waals surface area contributed by atoms with Crippen molar-refractivity contribution in [2.75, 3.05) is 0 Å². The molecule has 0 aliphatic carbocycles. The highest BCUT2D eigenvalue weighted by atomic mass is 35.5. The average molecular weight is 257 g/mol. The van der Waals surface area contributed by atoms with Crippen molar-refractivity contribution in [2.45, 2.75) is 19.4 Å². The number of hydrogen-bond acceptors (Lipinski definition) is 4. The standard InChI is InChI=1S/C11H10ClFN2O2/c1-6(16)11-14-9(15-17-11)5-7-3-2-4-8(12)10(7)13/h2-4,6,16H,5H2,1H3. The summed E-state index contributed by atoms with van der Waals surface area (Å²) in [6, 6.07) is 4.72. The monoisotopic (exact) mass is 256 g/mol. The minimum atomic E-state index is -0.833. The molecule has 1 aromatic heterocycles. The van der Waals surface area contributed by atoms with Crippen LogP contribution in [-0.2, 0) is 6.42 Å². The summed E-state index contributed by atoms with van der Waals surface area (Å²) in [6.07, 6.45) is -0.664. The van der Waals surface area contributed by atoms with E-state index in [1.165, 1.54) is 13.0 Å². The summed E-state index contributed by atoms with van der Waals surface area (Å²) < 4.78 is 18.4. The minimum Gasteiger partial charge on any atom is -0.384 e. The molecule has 2 rings (SSSR count). The quantitative estimate of drug-likeness (QED) is 0.917. The normalized spacial score (nSPS) is 12.7. The minimum absolute atomic E-state index is 0.0572. The molecular weight excluding hydrogens is 247 g/mol. The Kier molecular flexibility index (Phi) is 3.40. The molecule has 1 unspecified atom stereocenters. The molecule has 0 bridgehead atoms. The van der Waals surface area contributed by atoms with Gasteiger partial charge in [-0.25, -0.2) is 4.39 Å². The summed E-state index contributed by atoms with van der Waals surface area (Å²) in [5.41, 5.74) is 0.385. The number of aromatic nitrogens is 2. The second kappa shape index (κ2) is 4.81. The molecule has 0 amide bonds. The summed E-state index contributed by atoms with van der Waals surface area (Å²) in [7, 11) is 0. The first-order valence-corrected chi connectivity index (χ1v) is 5.39. The molecule has 17 heavy (non-hydrogen) atoms. The van der Waals surface area contributed by atoms with Gasteiger partial charge in [0.25, 0.3) is 5.89 Å². The van der Waals surface area contributed by atoms with E-state index in [4.69, 9.17) is 16.1 Å². The van der Waals surface area contributed by atoms with Gasteiger partial charge >= 0.3 is 0 Å². The molecule has 0 fully saturated rings. The zero-order chi connectivity index (χ0) is 12.4. The van der Waals surface area contributed by atoms with Gasteiger partial charge < -0.3 is 9.63 Å². The molecule has 0 aliphatic heterocycles. The van der Waals surface area contributed by atoms with E-state index in [2.05, 4.69) is 10.1 Å². The molecule has 4 nitrogen and oxygen atoms in total. The Morgan fingerprint density at radius 3 is 2.94 bits per heavy atom. The maximum absolute atomic E-state index is 13.6. The van der Waals surface area contributed by atoms with Crippen LogP contribution in [0.15, 0.2) is 22.7 Å². The van der Waals surface area contributed by atoms with Crippen molar-refractivity contribution in [3.8, 4) is 0 Å². The first-order valence-electron chi connectivity index (χ1n) is 5.01. The molecule has 0 aliphatic rings.